The highest BCUT2D eigenvalue weighted by Gasteiger charge is 2.30. The first-order valence-corrected chi connectivity index (χ1v) is 7.34. The summed E-state index contributed by atoms with van der Waals surface area (Å²) in [7, 11) is 1.36. The van der Waals surface area contributed by atoms with Crippen molar-refractivity contribution in [2.75, 3.05) is 30.4 Å². The molecular weight excluding hydrogens is 270 g/mol. The number of carbonyl (C=O) groups excluding carboxylic acids is 2. The van der Waals surface area contributed by atoms with Gasteiger partial charge in [0.1, 0.15) is 17.2 Å². The molecule has 0 bridgehead atoms. The second-order valence-electron chi connectivity index (χ2n) is 5.52. The third-order valence-electron chi connectivity index (χ3n) is 3.89. The molecule has 3 rings (SSSR count). The van der Waals surface area contributed by atoms with Crippen LogP contribution in [0.3, 0.4) is 0 Å². The van der Waals surface area contributed by atoms with Crippen molar-refractivity contribution in [2.45, 2.75) is 25.7 Å². The summed E-state index contributed by atoms with van der Waals surface area (Å²) in [6.45, 7) is 1.74. The highest BCUT2D eigenvalue weighted by molar-refractivity contribution is 5.97. The lowest BCUT2D eigenvalue weighted by Gasteiger charge is -2.20. The smallest absolute Gasteiger partial charge is 0.341 e. The predicted octanol–water partition coefficient (Wildman–Crippen LogP) is 1.82. The molecule has 0 radical (unpaired) electrons. The van der Waals surface area contributed by atoms with Crippen LogP contribution in [0, 0.1) is 5.92 Å². The Labute approximate surface area is 123 Å². The average molecular weight is 289 g/mol. The molecule has 1 saturated heterocycles. The zero-order valence-corrected chi connectivity index (χ0v) is 12.1. The Morgan fingerprint density at radius 1 is 1.29 bits per heavy atom. The molecular formula is C15H19N3O3. The first-order valence-electron chi connectivity index (χ1n) is 7.34. The molecule has 0 aromatic carbocycles. The molecule has 0 atom stereocenters. The van der Waals surface area contributed by atoms with E-state index in [1.165, 1.54) is 7.11 Å². The van der Waals surface area contributed by atoms with Gasteiger partial charge in [0.2, 0.25) is 5.91 Å². The maximum absolute atomic E-state index is 11.9. The van der Waals surface area contributed by atoms with Crippen molar-refractivity contribution in [3.05, 3.63) is 17.7 Å². The SMILES string of the molecule is COC(=O)c1ccc(NC(=O)C2CC2)nc1N1CCCC1. The Hall–Kier alpha value is -2.11. The lowest BCUT2D eigenvalue weighted by atomic mass is 10.2. The minimum atomic E-state index is -0.399. The number of amides is 1. The van der Waals surface area contributed by atoms with Gasteiger partial charge in [-0.2, -0.15) is 0 Å². The number of carbonyl (C=O) groups is 2. The van der Waals surface area contributed by atoms with E-state index in [1.54, 1.807) is 12.1 Å². The van der Waals surface area contributed by atoms with E-state index in [0.717, 1.165) is 38.8 Å². The molecule has 2 heterocycles. The molecule has 1 N–H and O–H groups in total. The molecule has 112 valence electrons. The Morgan fingerprint density at radius 3 is 2.62 bits per heavy atom. The summed E-state index contributed by atoms with van der Waals surface area (Å²) in [5, 5.41) is 2.82. The molecule has 1 aliphatic heterocycles. The van der Waals surface area contributed by atoms with Crippen LogP contribution in [0.1, 0.15) is 36.0 Å². The van der Waals surface area contributed by atoms with Crippen LogP contribution < -0.4 is 10.2 Å². The van der Waals surface area contributed by atoms with Crippen molar-refractivity contribution in [1.29, 1.82) is 0 Å². The summed E-state index contributed by atoms with van der Waals surface area (Å²) in [5.74, 6) is 0.849. The van der Waals surface area contributed by atoms with Gasteiger partial charge >= 0.3 is 5.97 Å². The molecule has 6 nitrogen and oxygen atoms in total. The number of nitrogens with zero attached hydrogens (tertiary/aromatic N) is 2. The van der Waals surface area contributed by atoms with E-state index < -0.39 is 5.97 Å². The number of pyridine rings is 1. The molecule has 0 unspecified atom stereocenters. The fraction of sp³-hybridized carbons (Fsp3) is 0.533. The number of methoxy groups -OCH3 is 1. The summed E-state index contributed by atoms with van der Waals surface area (Å²) in [4.78, 5) is 30.2. The molecule has 1 amide bonds. The fourth-order valence-corrected chi connectivity index (χ4v) is 2.53. The van der Waals surface area contributed by atoms with Crippen LogP contribution in [0.25, 0.3) is 0 Å². The molecule has 1 aromatic heterocycles. The van der Waals surface area contributed by atoms with Crippen LogP contribution in [0.4, 0.5) is 11.6 Å². The van der Waals surface area contributed by atoms with Gasteiger partial charge in [0.25, 0.3) is 0 Å². The maximum atomic E-state index is 11.9. The van der Waals surface area contributed by atoms with Crippen molar-refractivity contribution >= 4 is 23.5 Å². The largest absolute Gasteiger partial charge is 0.465 e. The van der Waals surface area contributed by atoms with E-state index in [4.69, 9.17) is 4.74 Å². The summed E-state index contributed by atoms with van der Waals surface area (Å²) in [6, 6.07) is 3.33. The number of hydrogen-bond acceptors (Lipinski definition) is 5. The number of esters is 1. The van der Waals surface area contributed by atoms with Gasteiger partial charge in [0.15, 0.2) is 0 Å². The maximum Gasteiger partial charge on any atom is 0.341 e. The van der Waals surface area contributed by atoms with Crippen LogP contribution in [0.15, 0.2) is 12.1 Å². The summed E-state index contributed by atoms with van der Waals surface area (Å²) >= 11 is 0. The number of aromatic nitrogens is 1. The molecule has 2 aliphatic rings. The first-order chi connectivity index (χ1) is 10.2. The Bertz CT molecular complexity index is 563. The van der Waals surface area contributed by atoms with E-state index in [2.05, 4.69) is 15.2 Å². The van der Waals surface area contributed by atoms with E-state index in [0.29, 0.717) is 17.2 Å². The molecule has 21 heavy (non-hydrogen) atoms. The van der Waals surface area contributed by atoms with Crippen LogP contribution in [0.2, 0.25) is 0 Å². The zero-order chi connectivity index (χ0) is 14.8. The van der Waals surface area contributed by atoms with Gasteiger partial charge < -0.3 is 15.0 Å². The van der Waals surface area contributed by atoms with Crippen molar-refractivity contribution in [3.8, 4) is 0 Å². The molecule has 1 aromatic rings. The number of anilines is 2. The summed E-state index contributed by atoms with van der Waals surface area (Å²) < 4.78 is 4.81. The van der Waals surface area contributed by atoms with Crippen LogP contribution >= 0.6 is 0 Å². The normalized spacial score (nSPS) is 17.7. The number of rotatable bonds is 4. The zero-order valence-electron chi connectivity index (χ0n) is 12.1. The monoisotopic (exact) mass is 289 g/mol. The van der Waals surface area contributed by atoms with Gasteiger partial charge in [-0.25, -0.2) is 9.78 Å². The fourth-order valence-electron chi connectivity index (χ4n) is 2.53. The summed E-state index contributed by atoms with van der Waals surface area (Å²) in [6.07, 6.45) is 4.07. The summed E-state index contributed by atoms with van der Waals surface area (Å²) in [5.41, 5.74) is 0.448. The number of ether oxygens (including phenoxy) is 1. The highest BCUT2D eigenvalue weighted by Crippen LogP contribution is 2.31. The Kier molecular flexibility index (Phi) is 3.77. The van der Waals surface area contributed by atoms with Gasteiger partial charge in [-0.15, -0.1) is 0 Å². The molecule has 1 aliphatic carbocycles. The van der Waals surface area contributed by atoms with Gasteiger partial charge in [-0.1, -0.05) is 0 Å². The first kappa shape index (κ1) is 13.9. The van der Waals surface area contributed by atoms with E-state index >= 15 is 0 Å². The minimum Gasteiger partial charge on any atom is -0.465 e. The third-order valence-corrected chi connectivity index (χ3v) is 3.89. The van der Waals surface area contributed by atoms with Crippen LogP contribution in [-0.4, -0.2) is 37.1 Å². The van der Waals surface area contributed by atoms with Crippen molar-refractivity contribution in [2.24, 2.45) is 5.92 Å². The topological polar surface area (TPSA) is 71.5 Å². The predicted molar refractivity (Wildman–Crippen MR) is 78.4 cm³/mol. The Morgan fingerprint density at radius 2 is 2.00 bits per heavy atom. The molecule has 1 saturated carbocycles. The van der Waals surface area contributed by atoms with Crippen molar-refractivity contribution in [1.82, 2.24) is 4.98 Å². The number of nitrogens with one attached hydrogen (secondary N) is 1. The van der Waals surface area contributed by atoms with E-state index in [1.807, 2.05) is 0 Å². The van der Waals surface area contributed by atoms with Gasteiger partial charge in [0, 0.05) is 19.0 Å². The van der Waals surface area contributed by atoms with Crippen molar-refractivity contribution < 1.29 is 14.3 Å². The third kappa shape index (κ3) is 2.99. The second kappa shape index (κ2) is 5.71. The van der Waals surface area contributed by atoms with Crippen molar-refractivity contribution in [3.63, 3.8) is 0 Å². The van der Waals surface area contributed by atoms with Gasteiger partial charge in [0.05, 0.1) is 7.11 Å². The lowest BCUT2D eigenvalue weighted by molar-refractivity contribution is -0.117. The van der Waals surface area contributed by atoms with Crippen LogP contribution in [-0.2, 0) is 9.53 Å². The quantitative estimate of drug-likeness (QED) is 0.856. The van der Waals surface area contributed by atoms with E-state index in [9.17, 15) is 9.59 Å². The standard InChI is InChI=1S/C15H19N3O3/c1-21-15(20)11-6-7-12(17-14(19)10-4-5-10)16-13(11)18-8-2-3-9-18/h6-7,10H,2-5,8-9H2,1H3,(H,16,17,19). The van der Waals surface area contributed by atoms with Gasteiger partial charge in [-0.3, -0.25) is 4.79 Å². The lowest BCUT2D eigenvalue weighted by Crippen LogP contribution is -2.24. The molecule has 6 heteroatoms. The Balaban J connectivity index is 1.87. The minimum absolute atomic E-state index is 0.0145. The molecule has 2 fully saturated rings. The second-order valence-corrected chi connectivity index (χ2v) is 5.52. The van der Waals surface area contributed by atoms with Crippen LogP contribution in [0.5, 0.6) is 0 Å². The van der Waals surface area contributed by atoms with Gasteiger partial charge in [-0.05, 0) is 37.8 Å². The average Bonchev–Trinajstić information content (AvgIpc) is 3.22. The highest BCUT2D eigenvalue weighted by atomic mass is 16.5. The number of hydrogen-bond donors (Lipinski definition) is 1. The van der Waals surface area contributed by atoms with E-state index in [-0.39, 0.29) is 11.8 Å². The molecule has 0 spiro atoms.